The molecule has 1 aromatic carbocycles. The van der Waals surface area contributed by atoms with Gasteiger partial charge in [-0.15, -0.1) is 3.83 Å². The fraction of sp³-hybridized carbons (Fsp3) is 0.143. The summed E-state index contributed by atoms with van der Waals surface area (Å²) in [5.74, 6) is 0.479. The maximum atomic E-state index is 12.7. The van der Waals surface area contributed by atoms with E-state index in [0.717, 1.165) is 0 Å². The van der Waals surface area contributed by atoms with E-state index in [1.807, 2.05) is 0 Å². The molecular formula is C14H10Br2N2O5. The van der Waals surface area contributed by atoms with Crippen molar-refractivity contribution in [2.75, 3.05) is 18.1 Å². The number of amides is 1. The van der Waals surface area contributed by atoms with Gasteiger partial charge in [0, 0.05) is 11.8 Å². The van der Waals surface area contributed by atoms with Crippen LogP contribution in [0.1, 0.15) is 10.4 Å². The molecule has 23 heavy (non-hydrogen) atoms. The monoisotopic (exact) mass is 444 g/mol. The van der Waals surface area contributed by atoms with E-state index in [1.165, 1.54) is 18.2 Å². The SMILES string of the molecule is O=C(c1ccc(O[Br+2]([O-])[O-])c(Br)c1)N1CCOc2cnccc21. The second kappa shape index (κ2) is 6.83. The van der Waals surface area contributed by atoms with Gasteiger partial charge in [-0.3, -0.25) is 9.78 Å². The molecule has 2 aromatic rings. The molecule has 1 aromatic heterocycles. The molecule has 0 fully saturated rings. The van der Waals surface area contributed by atoms with Crippen LogP contribution < -0.4 is 21.9 Å². The van der Waals surface area contributed by atoms with Crippen LogP contribution in [0.15, 0.2) is 41.1 Å². The Kier molecular flexibility index (Phi) is 4.81. The summed E-state index contributed by atoms with van der Waals surface area (Å²) in [5, 5.41) is 0. The molecule has 2 heterocycles. The first-order valence-electron chi connectivity index (χ1n) is 6.48. The van der Waals surface area contributed by atoms with Crippen LogP contribution in [0.25, 0.3) is 0 Å². The van der Waals surface area contributed by atoms with Gasteiger partial charge >= 0.3 is 14.8 Å². The number of hydrogen-bond acceptors (Lipinski definition) is 6. The molecule has 1 aliphatic heterocycles. The van der Waals surface area contributed by atoms with Gasteiger partial charge in [-0.05, 0) is 40.2 Å². The summed E-state index contributed by atoms with van der Waals surface area (Å²) in [6, 6.07) is 6.19. The highest BCUT2D eigenvalue weighted by Gasteiger charge is 2.26. The van der Waals surface area contributed by atoms with E-state index in [0.29, 0.717) is 34.6 Å². The highest BCUT2D eigenvalue weighted by atomic mass is 80.0. The fourth-order valence-corrected chi connectivity index (χ4v) is 3.45. The molecule has 0 atom stereocenters. The number of aromatic nitrogens is 1. The van der Waals surface area contributed by atoms with E-state index in [-0.39, 0.29) is 11.7 Å². The Morgan fingerprint density at radius 2 is 2.22 bits per heavy atom. The molecule has 0 unspecified atom stereocenters. The van der Waals surface area contributed by atoms with Gasteiger partial charge in [0.05, 0.1) is 22.9 Å². The van der Waals surface area contributed by atoms with Gasteiger partial charge in [-0.2, -0.15) is 0 Å². The van der Waals surface area contributed by atoms with Gasteiger partial charge in [-0.1, -0.05) is 0 Å². The minimum Gasteiger partial charge on any atom is -0.488 e. The number of anilines is 1. The Bertz CT molecular complexity index is 741. The van der Waals surface area contributed by atoms with Crippen molar-refractivity contribution in [3.05, 3.63) is 46.7 Å². The lowest BCUT2D eigenvalue weighted by atomic mass is 10.1. The van der Waals surface area contributed by atoms with Crippen molar-refractivity contribution in [2.24, 2.45) is 0 Å². The number of hydrogen-bond donors (Lipinski definition) is 0. The molecule has 3 rings (SSSR count). The quantitative estimate of drug-likeness (QED) is 0.676. The van der Waals surface area contributed by atoms with Crippen molar-refractivity contribution in [2.45, 2.75) is 0 Å². The molecule has 1 amide bonds. The van der Waals surface area contributed by atoms with Gasteiger partial charge in [-0.25, -0.2) is 0 Å². The molecule has 0 saturated carbocycles. The second-order valence-electron chi connectivity index (χ2n) is 4.56. The fourth-order valence-electron chi connectivity index (χ4n) is 2.21. The van der Waals surface area contributed by atoms with Gasteiger partial charge in [0.2, 0.25) is 5.75 Å². The molecule has 120 valence electrons. The Hall–Kier alpha value is -1.68. The van der Waals surface area contributed by atoms with Gasteiger partial charge < -0.3 is 18.0 Å². The Balaban J connectivity index is 1.88. The number of carbonyl (C=O) groups is 1. The summed E-state index contributed by atoms with van der Waals surface area (Å²) in [5.41, 5.74) is 1.05. The lowest BCUT2D eigenvalue weighted by Gasteiger charge is -2.29. The van der Waals surface area contributed by atoms with E-state index in [2.05, 4.69) is 24.7 Å². The van der Waals surface area contributed by atoms with Crippen molar-refractivity contribution < 1.29 is 36.6 Å². The minimum atomic E-state index is -3.37. The molecular weight excluding hydrogens is 436 g/mol. The lowest BCUT2D eigenvalue weighted by molar-refractivity contribution is -1.62. The number of benzene rings is 1. The molecule has 0 aliphatic carbocycles. The van der Waals surface area contributed by atoms with Crippen LogP contribution in [-0.4, -0.2) is 24.0 Å². The van der Waals surface area contributed by atoms with E-state index >= 15 is 0 Å². The maximum absolute atomic E-state index is 12.7. The number of pyridine rings is 1. The largest absolute Gasteiger partial charge is 0.501 e. The van der Waals surface area contributed by atoms with E-state index in [9.17, 15) is 13.2 Å². The summed E-state index contributed by atoms with van der Waals surface area (Å²) in [7, 11) is 0. The number of nitrogens with zero attached hydrogens (tertiary/aromatic N) is 2. The van der Waals surface area contributed by atoms with Gasteiger partial charge in [0.1, 0.15) is 6.61 Å². The number of halogens is 2. The number of ether oxygens (including phenoxy) is 1. The van der Waals surface area contributed by atoms with Crippen LogP contribution in [0.3, 0.4) is 0 Å². The first kappa shape index (κ1) is 16.2. The van der Waals surface area contributed by atoms with Crippen LogP contribution in [0.2, 0.25) is 0 Å². The molecule has 0 saturated heterocycles. The topological polar surface area (TPSA) is 97.8 Å². The highest BCUT2D eigenvalue weighted by Crippen LogP contribution is 2.32. The minimum absolute atomic E-state index is 0.146. The summed E-state index contributed by atoms with van der Waals surface area (Å²) in [4.78, 5) is 18.3. The second-order valence-corrected chi connectivity index (χ2v) is 6.53. The zero-order chi connectivity index (χ0) is 16.4. The van der Waals surface area contributed by atoms with Gasteiger partial charge in [0.25, 0.3) is 5.91 Å². The molecule has 0 bridgehead atoms. The number of fused-ring (bicyclic) bond motifs is 1. The van der Waals surface area contributed by atoms with Crippen molar-refractivity contribution >= 4 is 27.5 Å². The van der Waals surface area contributed by atoms with E-state index in [4.69, 9.17) is 4.74 Å². The Morgan fingerprint density at radius 1 is 1.39 bits per heavy atom. The summed E-state index contributed by atoms with van der Waals surface area (Å²) in [6.07, 6.45) is 3.15. The first-order chi connectivity index (χ1) is 11.1. The van der Waals surface area contributed by atoms with Crippen LogP contribution in [0.4, 0.5) is 5.69 Å². The zero-order valence-corrected chi connectivity index (χ0v) is 14.7. The Morgan fingerprint density at radius 3 is 2.96 bits per heavy atom. The number of rotatable bonds is 3. The average Bonchev–Trinajstić information content (AvgIpc) is 2.55. The third-order valence-corrected chi connectivity index (χ3v) is 4.43. The summed E-state index contributed by atoms with van der Waals surface area (Å²) in [6.45, 7) is 0.797. The van der Waals surface area contributed by atoms with Crippen molar-refractivity contribution in [3.8, 4) is 11.5 Å². The van der Waals surface area contributed by atoms with E-state index in [1.54, 1.807) is 23.4 Å². The molecule has 7 nitrogen and oxygen atoms in total. The summed E-state index contributed by atoms with van der Waals surface area (Å²) < 4.78 is 31.9. The van der Waals surface area contributed by atoms with Crippen LogP contribution in [0, 0.1) is 14.8 Å². The van der Waals surface area contributed by atoms with E-state index < -0.39 is 14.8 Å². The Labute approximate surface area is 145 Å². The van der Waals surface area contributed by atoms with Crippen LogP contribution in [-0.2, 0) is 0 Å². The molecule has 0 radical (unpaired) electrons. The van der Waals surface area contributed by atoms with Crippen molar-refractivity contribution in [1.29, 1.82) is 0 Å². The van der Waals surface area contributed by atoms with Crippen LogP contribution >= 0.6 is 15.9 Å². The smallest absolute Gasteiger partial charge is 0.488 e. The molecule has 9 heteroatoms. The highest BCUT2D eigenvalue weighted by molar-refractivity contribution is 9.10. The maximum Gasteiger partial charge on any atom is 0.501 e. The molecule has 1 aliphatic rings. The predicted octanol–water partition coefficient (Wildman–Crippen LogP) is 0.348. The third-order valence-electron chi connectivity index (χ3n) is 3.20. The molecule has 0 N–H and O–H groups in total. The number of carbonyl (C=O) groups excluding carboxylic acids is 1. The zero-order valence-electron chi connectivity index (χ0n) is 11.6. The predicted molar refractivity (Wildman–Crippen MR) is 76.2 cm³/mol. The third kappa shape index (κ3) is 3.47. The van der Waals surface area contributed by atoms with Gasteiger partial charge in [0.15, 0.2) is 5.75 Å². The molecule has 0 spiro atoms. The average molecular weight is 446 g/mol. The summed E-state index contributed by atoms with van der Waals surface area (Å²) >= 11 is -0.163. The first-order valence-corrected chi connectivity index (χ1v) is 9.22. The van der Waals surface area contributed by atoms with Crippen molar-refractivity contribution in [1.82, 2.24) is 4.98 Å². The van der Waals surface area contributed by atoms with Crippen LogP contribution in [0.5, 0.6) is 11.5 Å². The normalized spacial score (nSPS) is 13.5. The standard InChI is InChI=1S/C14H10Br2N2O5/c15-10-7-9(1-2-12(10)23-16(20)21)14(19)18-5-6-22-13-8-17-4-3-11(13)18/h1-4,7-8H,5-6H2. The lowest BCUT2D eigenvalue weighted by Crippen LogP contribution is -2.38. The van der Waals surface area contributed by atoms with Crippen molar-refractivity contribution in [3.63, 3.8) is 0 Å².